The van der Waals surface area contributed by atoms with Gasteiger partial charge in [0, 0.05) is 16.8 Å². The third kappa shape index (κ3) is 1.70. The van der Waals surface area contributed by atoms with Crippen LogP contribution in [0.2, 0.25) is 0 Å². The van der Waals surface area contributed by atoms with Crippen LogP contribution < -0.4 is 0 Å². The number of aromatic nitrogens is 4. The molecule has 4 rings (SSSR count). The number of benzene rings is 2. The van der Waals surface area contributed by atoms with Gasteiger partial charge in [-0.25, -0.2) is 0 Å². The molecule has 0 aliphatic carbocycles. The SMILES string of the molecule is Cc1cc(-c2nnc3c4ccccc4cnn23)c(O)cc1O. The molecule has 0 saturated carbocycles. The van der Waals surface area contributed by atoms with E-state index in [1.807, 2.05) is 24.3 Å². The Morgan fingerprint density at radius 1 is 1.00 bits per heavy atom. The molecule has 0 fully saturated rings. The lowest BCUT2D eigenvalue weighted by molar-refractivity contribution is 0.448. The maximum Gasteiger partial charge on any atom is 0.189 e. The van der Waals surface area contributed by atoms with Crippen molar-refractivity contribution in [2.45, 2.75) is 6.92 Å². The van der Waals surface area contributed by atoms with E-state index in [0.717, 1.165) is 10.8 Å². The second-order valence-corrected chi connectivity index (χ2v) is 5.15. The second kappa shape index (κ2) is 4.42. The lowest BCUT2D eigenvalue weighted by Crippen LogP contribution is -1.96. The highest BCUT2D eigenvalue weighted by molar-refractivity contribution is 5.93. The zero-order valence-electron chi connectivity index (χ0n) is 11.7. The first kappa shape index (κ1) is 12.6. The Balaban J connectivity index is 2.05. The predicted molar refractivity (Wildman–Crippen MR) is 81.8 cm³/mol. The van der Waals surface area contributed by atoms with Gasteiger partial charge in [0.2, 0.25) is 0 Å². The number of aryl methyl sites for hydroxylation is 1. The van der Waals surface area contributed by atoms with E-state index >= 15 is 0 Å². The van der Waals surface area contributed by atoms with Gasteiger partial charge in [0.15, 0.2) is 11.5 Å². The van der Waals surface area contributed by atoms with E-state index in [1.165, 1.54) is 6.07 Å². The summed E-state index contributed by atoms with van der Waals surface area (Å²) < 4.78 is 1.59. The molecule has 2 aromatic carbocycles. The molecule has 0 radical (unpaired) electrons. The molecule has 0 aliphatic rings. The third-order valence-electron chi connectivity index (χ3n) is 3.71. The summed E-state index contributed by atoms with van der Waals surface area (Å²) in [4.78, 5) is 0. The van der Waals surface area contributed by atoms with Crippen molar-refractivity contribution < 1.29 is 10.2 Å². The van der Waals surface area contributed by atoms with Crippen LogP contribution in [0.25, 0.3) is 27.8 Å². The molecule has 0 aliphatic heterocycles. The normalized spacial score (nSPS) is 11.3. The smallest absolute Gasteiger partial charge is 0.189 e. The average molecular weight is 292 g/mol. The van der Waals surface area contributed by atoms with E-state index in [9.17, 15) is 10.2 Å². The Bertz CT molecular complexity index is 1020. The van der Waals surface area contributed by atoms with Crippen molar-refractivity contribution >= 4 is 16.4 Å². The minimum atomic E-state index is -0.0626. The van der Waals surface area contributed by atoms with E-state index in [1.54, 1.807) is 23.7 Å². The van der Waals surface area contributed by atoms with Crippen molar-refractivity contribution in [2.24, 2.45) is 0 Å². The van der Waals surface area contributed by atoms with Crippen LogP contribution in [0.15, 0.2) is 42.6 Å². The topological polar surface area (TPSA) is 83.5 Å². The molecule has 6 nitrogen and oxygen atoms in total. The van der Waals surface area contributed by atoms with E-state index in [0.29, 0.717) is 22.6 Å². The summed E-state index contributed by atoms with van der Waals surface area (Å²) in [6, 6.07) is 10.7. The molecular formula is C16H12N4O2. The molecule has 2 N–H and O–H groups in total. The molecule has 2 aromatic heterocycles. The molecule has 108 valence electrons. The van der Waals surface area contributed by atoms with Gasteiger partial charge in [-0.05, 0) is 18.6 Å². The van der Waals surface area contributed by atoms with Crippen LogP contribution >= 0.6 is 0 Å². The summed E-state index contributed by atoms with van der Waals surface area (Å²) in [5.74, 6) is 0.405. The zero-order chi connectivity index (χ0) is 15.3. The summed E-state index contributed by atoms with van der Waals surface area (Å²) in [6.07, 6.45) is 1.74. The molecule has 2 heterocycles. The van der Waals surface area contributed by atoms with Crippen LogP contribution in [0.5, 0.6) is 11.5 Å². The molecule has 0 spiro atoms. The van der Waals surface area contributed by atoms with Crippen molar-refractivity contribution in [1.29, 1.82) is 0 Å². The number of hydrogen-bond acceptors (Lipinski definition) is 5. The van der Waals surface area contributed by atoms with Crippen LogP contribution in [0, 0.1) is 6.92 Å². The third-order valence-corrected chi connectivity index (χ3v) is 3.71. The van der Waals surface area contributed by atoms with Crippen molar-refractivity contribution in [2.75, 3.05) is 0 Å². The monoisotopic (exact) mass is 292 g/mol. The number of aromatic hydroxyl groups is 2. The lowest BCUT2D eigenvalue weighted by atomic mass is 10.1. The van der Waals surface area contributed by atoms with Gasteiger partial charge < -0.3 is 10.2 Å². The Morgan fingerprint density at radius 2 is 1.82 bits per heavy atom. The van der Waals surface area contributed by atoms with Crippen LogP contribution in [0.4, 0.5) is 0 Å². The first-order valence-electron chi connectivity index (χ1n) is 6.77. The second-order valence-electron chi connectivity index (χ2n) is 5.15. The number of phenols is 2. The van der Waals surface area contributed by atoms with E-state index in [4.69, 9.17) is 0 Å². The standard InChI is InChI=1S/C16H12N4O2/c1-9-6-12(14(22)7-13(9)21)16-19-18-15-11-5-3-2-4-10(11)8-17-20(15)16/h2-8,21-22H,1H3. The van der Waals surface area contributed by atoms with Gasteiger partial charge in [-0.3, -0.25) is 0 Å². The first-order chi connectivity index (χ1) is 10.6. The quantitative estimate of drug-likeness (QED) is 0.563. The van der Waals surface area contributed by atoms with Crippen molar-refractivity contribution in [3.63, 3.8) is 0 Å². The highest BCUT2D eigenvalue weighted by Crippen LogP contribution is 2.34. The maximum absolute atomic E-state index is 10.1. The first-order valence-corrected chi connectivity index (χ1v) is 6.77. The summed E-state index contributed by atoms with van der Waals surface area (Å²) in [5.41, 5.74) is 1.74. The van der Waals surface area contributed by atoms with Crippen LogP contribution in [-0.4, -0.2) is 30.0 Å². The van der Waals surface area contributed by atoms with Crippen LogP contribution in [-0.2, 0) is 0 Å². The van der Waals surface area contributed by atoms with Gasteiger partial charge in [-0.15, -0.1) is 10.2 Å². The number of rotatable bonds is 1. The fourth-order valence-electron chi connectivity index (χ4n) is 2.52. The number of hydrogen-bond donors (Lipinski definition) is 2. The summed E-state index contributed by atoms with van der Waals surface area (Å²) in [7, 11) is 0. The highest BCUT2D eigenvalue weighted by Gasteiger charge is 2.16. The fraction of sp³-hybridized carbons (Fsp3) is 0.0625. The maximum atomic E-state index is 10.1. The minimum Gasteiger partial charge on any atom is -0.508 e. The van der Waals surface area contributed by atoms with Crippen molar-refractivity contribution in [3.05, 3.63) is 48.2 Å². The van der Waals surface area contributed by atoms with Gasteiger partial charge in [0.25, 0.3) is 0 Å². The van der Waals surface area contributed by atoms with Gasteiger partial charge in [-0.2, -0.15) is 9.61 Å². The molecule has 0 atom stereocenters. The van der Waals surface area contributed by atoms with Crippen LogP contribution in [0.1, 0.15) is 5.56 Å². The lowest BCUT2D eigenvalue weighted by Gasteiger charge is -2.06. The number of nitrogens with zero attached hydrogens (tertiary/aromatic N) is 4. The minimum absolute atomic E-state index is 0.0356. The fourth-order valence-corrected chi connectivity index (χ4v) is 2.52. The van der Waals surface area contributed by atoms with E-state index in [-0.39, 0.29) is 11.5 Å². The molecule has 0 bridgehead atoms. The summed E-state index contributed by atoms with van der Waals surface area (Å²) in [6.45, 7) is 1.75. The molecule has 6 heteroatoms. The Hall–Kier alpha value is -3.15. The van der Waals surface area contributed by atoms with Gasteiger partial charge in [0.05, 0.1) is 11.8 Å². The number of fused-ring (bicyclic) bond motifs is 3. The molecule has 0 saturated heterocycles. The van der Waals surface area contributed by atoms with Crippen molar-refractivity contribution in [1.82, 2.24) is 19.8 Å². The average Bonchev–Trinajstić information content (AvgIpc) is 2.95. The molecule has 0 amide bonds. The molecule has 4 aromatic rings. The largest absolute Gasteiger partial charge is 0.508 e. The van der Waals surface area contributed by atoms with E-state index in [2.05, 4.69) is 15.3 Å². The number of phenolic OH excluding ortho intramolecular Hbond substituents is 2. The summed E-state index contributed by atoms with van der Waals surface area (Å²) in [5, 5.41) is 34.4. The predicted octanol–water partition coefficient (Wildman–Crippen LogP) is 2.66. The van der Waals surface area contributed by atoms with Crippen molar-refractivity contribution in [3.8, 4) is 22.9 Å². The zero-order valence-corrected chi connectivity index (χ0v) is 11.7. The van der Waals surface area contributed by atoms with E-state index < -0.39 is 0 Å². The van der Waals surface area contributed by atoms with Gasteiger partial charge in [-0.1, -0.05) is 24.3 Å². The van der Waals surface area contributed by atoms with Crippen LogP contribution in [0.3, 0.4) is 0 Å². The molecule has 0 unspecified atom stereocenters. The Morgan fingerprint density at radius 3 is 2.68 bits per heavy atom. The Kier molecular flexibility index (Phi) is 2.53. The van der Waals surface area contributed by atoms with Gasteiger partial charge >= 0.3 is 0 Å². The summed E-state index contributed by atoms with van der Waals surface area (Å²) >= 11 is 0. The Labute approximate surface area is 125 Å². The highest BCUT2D eigenvalue weighted by atomic mass is 16.3. The molecule has 22 heavy (non-hydrogen) atoms. The molecular weight excluding hydrogens is 280 g/mol. The van der Waals surface area contributed by atoms with Gasteiger partial charge in [0.1, 0.15) is 11.5 Å².